The van der Waals surface area contributed by atoms with Gasteiger partial charge in [0.1, 0.15) is 11.6 Å². The molecule has 0 bridgehead atoms. The first-order valence-corrected chi connectivity index (χ1v) is 9.44. The van der Waals surface area contributed by atoms with Crippen LogP contribution in [0.1, 0.15) is 10.4 Å². The first kappa shape index (κ1) is 18.6. The Hall–Kier alpha value is -3.19. The number of rotatable bonds is 5. The van der Waals surface area contributed by atoms with Gasteiger partial charge >= 0.3 is 5.97 Å². The maximum atomic E-state index is 13.6. The van der Waals surface area contributed by atoms with Crippen LogP contribution in [0.5, 0.6) is 5.75 Å². The number of esters is 1. The number of benzene rings is 3. The zero-order valence-electron chi connectivity index (χ0n) is 14.4. The maximum Gasteiger partial charge on any atom is 0.346 e. The molecule has 0 aliphatic rings. The van der Waals surface area contributed by atoms with Gasteiger partial charge in [0.25, 0.3) is 10.0 Å². The zero-order chi connectivity index (χ0) is 19.4. The minimum atomic E-state index is -3.70. The smallest absolute Gasteiger partial charge is 0.346 e. The standard InChI is InChI=1S/C20H16FNO4S/c1-22(27(24,25)17-7-3-2-4-8-17)15-11-13-16(14-12-15)26-20(23)18-9-5-6-10-19(18)21/h2-14H,1H3. The fourth-order valence-corrected chi connectivity index (χ4v) is 3.62. The van der Waals surface area contributed by atoms with Crippen LogP contribution in [-0.4, -0.2) is 21.4 Å². The summed E-state index contributed by atoms with van der Waals surface area (Å²) in [6.45, 7) is 0. The van der Waals surface area contributed by atoms with Crippen molar-refractivity contribution in [3.63, 3.8) is 0 Å². The van der Waals surface area contributed by atoms with Crippen LogP contribution in [0.25, 0.3) is 0 Å². The van der Waals surface area contributed by atoms with Gasteiger partial charge < -0.3 is 4.74 Å². The molecule has 0 aliphatic heterocycles. The molecule has 0 amide bonds. The van der Waals surface area contributed by atoms with Gasteiger partial charge in [-0.2, -0.15) is 0 Å². The molecular weight excluding hydrogens is 369 g/mol. The third-order valence-electron chi connectivity index (χ3n) is 3.91. The largest absolute Gasteiger partial charge is 0.423 e. The molecule has 0 spiro atoms. The van der Waals surface area contributed by atoms with E-state index in [0.29, 0.717) is 5.69 Å². The third-order valence-corrected chi connectivity index (χ3v) is 5.71. The average molecular weight is 385 g/mol. The number of carbonyl (C=O) groups excluding carboxylic acids is 1. The van der Waals surface area contributed by atoms with Crippen LogP contribution in [-0.2, 0) is 10.0 Å². The van der Waals surface area contributed by atoms with Crippen molar-refractivity contribution in [1.29, 1.82) is 0 Å². The second kappa shape index (κ2) is 7.59. The lowest BCUT2D eigenvalue weighted by molar-refractivity contribution is 0.0730. The van der Waals surface area contributed by atoms with Gasteiger partial charge in [0.15, 0.2) is 0 Å². The molecule has 0 saturated heterocycles. The highest BCUT2D eigenvalue weighted by Crippen LogP contribution is 2.24. The number of anilines is 1. The van der Waals surface area contributed by atoms with Crippen molar-refractivity contribution in [3.05, 3.63) is 90.2 Å². The average Bonchev–Trinajstić information content (AvgIpc) is 2.69. The highest BCUT2D eigenvalue weighted by molar-refractivity contribution is 7.92. The van der Waals surface area contributed by atoms with E-state index in [2.05, 4.69) is 0 Å². The van der Waals surface area contributed by atoms with Crippen LogP contribution < -0.4 is 9.04 Å². The fraction of sp³-hybridized carbons (Fsp3) is 0.0500. The molecule has 0 heterocycles. The summed E-state index contributed by atoms with van der Waals surface area (Å²) in [5.74, 6) is -1.32. The number of nitrogens with zero attached hydrogens (tertiary/aromatic N) is 1. The normalized spacial score (nSPS) is 11.0. The molecule has 3 rings (SSSR count). The summed E-state index contributed by atoms with van der Waals surface area (Å²) in [6, 6.07) is 19.5. The zero-order valence-corrected chi connectivity index (χ0v) is 15.2. The van der Waals surface area contributed by atoms with Gasteiger partial charge in [-0.05, 0) is 48.5 Å². The first-order chi connectivity index (χ1) is 12.9. The summed E-state index contributed by atoms with van der Waals surface area (Å²) in [7, 11) is -2.27. The van der Waals surface area contributed by atoms with Crippen LogP contribution in [0.4, 0.5) is 10.1 Å². The minimum Gasteiger partial charge on any atom is -0.423 e. The third kappa shape index (κ3) is 3.98. The van der Waals surface area contributed by atoms with Crippen molar-refractivity contribution in [2.75, 3.05) is 11.4 Å². The number of halogens is 1. The van der Waals surface area contributed by atoms with Crippen molar-refractivity contribution in [2.45, 2.75) is 4.90 Å². The van der Waals surface area contributed by atoms with Gasteiger partial charge in [0, 0.05) is 7.05 Å². The number of carbonyl (C=O) groups is 1. The van der Waals surface area contributed by atoms with Gasteiger partial charge in [-0.25, -0.2) is 17.6 Å². The van der Waals surface area contributed by atoms with Crippen LogP contribution in [0.2, 0.25) is 0 Å². The molecule has 0 unspecified atom stereocenters. The lowest BCUT2D eigenvalue weighted by Crippen LogP contribution is -2.26. The van der Waals surface area contributed by atoms with E-state index in [1.54, 1.807) is 18.2 Å². The molecule has 3 aromatic rings. The maximum absolute atomic E-state index is 13.6. The molecular formula is C20H16FNO4S. The Morgan fingerprint density at radius 2 is 1.48 bits per heavy atom. The molecule has 0 aliphatic carbocycles. The second-order valence-corrected chi connectivity index (χ2v) is 7.62. The Labute approximate surface area is 156 Å². The summed E-state index contributed by atoms with van der Waals surface area (Å²) >= 11 is 0. The van der Waals surface area contributed by atoms with E-state index in [1.807, 2.05) is 0 Å². The first-order valence-electron chi connectivity index (χ1n) is 8.00. The van der Waals surface area contributed by atoms with Crippen LogP contribution in [0, 0.1) is 5.82 Å². The summed E-state index contributed by atoms with van der Waals surface area (Å²) in [6.07, 6.45) is 0. The van der Waals surface area contributed by atoms with E-state index in [-0.39, 0.29) is 16.2 Å². The van der Waals surface area contributed by atoms with E-state index < -0.39 is 21.8 Å². The number of hydrogen-bond donors (Lipinski definition) is 0. The van der Waals surface area contributed by atoms with E-state index >= 15 is 0 Å². The molecule has 138 valence electrons. The SMILES string of the molecule is CN(c1ccc(OC(=O)c2ccccc2F)cc1)S(=O)(=O)c1ccccc1. The predicted octanol–water partition coefficient (Wildman–Crippen LogP) is 3.87. The van der Waals surface area contributed by atoms with Crippen molar-refractivity contribution in [1.82, 2.24) is 0 Å². The van der Waals surface area contributed by atoms with Crippen molar-refractivity contribution >= 4 is 21.7 Å². The van der Waals surface area contributed by atoms with E-state index in [4.69, 9.17) is 4.74 Å². The van der Waals surface area contributed by atoms with Crippen LogP contribution in [0.3, 0.4) is 0 Å². The topological polar surface area (TPSA) is 63.7 Å². The van der Waals surface area contributed by atoms with Gasteiger partial charge in [-0.3, -0.25) is 4.31 Å². The molecule has 0 radical (unpaired) electrons. The minimum absolute atomic E-state index is 0.169. The molecule has 5 nitrogen and oxygen atoms in total. The van der Waals surface area contributed by atoms with Crippen molar-refractivity contribution in [2.24, 2.45) is 0 Å². The molecule has 3 aromatic carbocycles. The van der Waals surface area contributed by atoms with E-state index in [9.17, 15) is 17.6 Å². The molecule has 0 atom stereocenters. The molecule has 27 heavy (non-hydrogen) atoms. The molecule has 0 N–H and O–H groups in total. The second-order valence-electron chi connectivity index (χ2n) is 5.65. The molecule has 0 saturated carbocycles. The van der Waals surface area contributed by atoms with Crippen molar-refractivity contribution < 1.29 is 22.3 Å². The monoisotopic (exact) mass is 385 g/mol. The lowest BCUT2D eigenvalue weighted by atomic mass is 10.2. The Morgan fingerprint density at radius 3 is 2.11 bits per heavy atom. The van der Waals surface area contributed by atoms with Gasteiger partial charge in [0.05, 0.1) is 16.1 Å². The van der Waals surface area contributed by atoms with Crippen molar-refractivity contribution in [3.8, 4) is 5.75 Å². The lowest BCUT2D eigenvalue weighted by Gasteiger charge is -2.19. The Morgan fingerprint density at radius 1 is 0.889 bits per heavy atom. The quantitative estimate of drug-likeness (QED) is 0.494. The van der Waals surface area contributed by atoms with Crippen LogP contribution in [0.15, 0.2) is 83.8 Å². The van der Waals surface area contributed by atoms with Gasteiger partial charge in [0.2, 0.25) is 0 Å². The Balaban J connectivity index is 1.77. The summed E-state index contributed by atoms with van der Waals surface area (Å²) in [4.78, 5) is 12.2. The number of ether oxygens (including phenoxy) is 1. The Kier molecular flexibility index (Phi) is 5.23. The summed E-state index contributed by atoms with van der Waals surface area (Å²) < 4.78 is 45.1. The molecule has 0 fully saturated rings. The predicted molar refractivity (Wildman–Crippen MR) is 99.8 cm³/mol. The fourth-order valence-electron chi connectivity index (χ4n) is 2.40. The van der Waals surface area contributed by atoms with Gasteiger partial charge in [-0.1, -0.05) is 30.3 Å². The summed E-state index contributed by atoms with van der Waals surface area (Å²) in [5.41, 5.74) is 0.217. The molecule has 7 heteroatoms. The molecule has 0 aromatic heterocycles. The Bertz CT molecular complexity index is 1050. The highest BCUT2D eigenvalue weighted by atomic mass is 32.2. The summed E-state index contributed by atoms with van der Waals surface area (Å²) in [5, 5.41) is 0. The number of hydrogen-bond acceptors (Lipinski definition) is 4. The van der Waals surface area contributed by atoms with Gasteiger partial charge in [-0.15, -0.1) is 0 Å². The highest BCUT2D eigenvalue weighted by Gasteiger charge is 2.21. The van der Waals surface area contributed by atoms with E-state index in [0.717, 1.165) is 4.31 Å². The van der Waals surface area contributed by atoms with E-state index in [1.165, 1.54) is 67.7 Å². The number of sulfonamides is 1. The van der Waals surface area contributed by atoms with Crippen LogP contribution >= 0.6 is 0 Å².